The molecule has 2 heterocycles. The van der Waals surface area contributed by atoms with Gasteiger partial charge in [0.1, 0.15) is 17.6 Å². The van der Waals surface area contributed by atoms with Gasteiger partial charge in [-0.05, 0) is 106 Å². The summed E-state index contributed by atoms with van der Waals surface area (Å²) in [5.74, 6) is 0.653. The molecule has 0 saturated carbocycles. The van der Waals surface area contributed by atoms with Crippen molar-refractivity contribution in [1.29, 1.82) is 0 Å². The van der Waals surface area contributed by atoms with Crippen molar-refractivity contribution in [2.24, 2.45) is 5.92 Å². The standard InChI is InChI=1S/C36H42F4N4O4/c1-9-29-27(34-22(5)14-26(37)15-23(34)6)16-25(19-41-29)30(18-33(46)48-10-2)42-35(47)31(13-21(3)4)44-20-24(11-12-43(7)8)28(17-32(44)45)36(38,39)40/h1,14-17,19-21,30-31H,10-13,18H2,2-8H3,(H,42,47). The molecule has 0 saturated heterocycles. The molecule has 258 valence electrons. The molecule has 2 atom stereocenters. The number of esters is 1. The molecule has 48 heavy (non-hydrogen) atoms. The van der Waals surface area contributed by atoms with Crippen molar-refractivity contribution in [3.05, 3.63) is 86.3 Å². The predicted octanol–water partition coefficient (Wildman–Crippen LogP) is 6.17. The van der Waals surface area contributed by atoms with Crippen molar-refractivity contribution in [3.8, 4) is 23.5 Å². The molecule has 12 heteroatoms. The fraction of sp³-hybridized carbons (Fsp3) is 0.444. The molecular formula is C36H42F4N4O4. The maximum absolute atomic E-state index is 14.2. The van der Waals surface area contributed by atoms with Crippen molar-refractivity contribution < 1.29 is 31.9 Å². The second-order valence-electron chi connectivity index (χ2n) is 12.4. The lowest BCUT2D eigenvalue weighted by Gasteiger charge is -2.27. The van der Waals surface area contributed by atoms with Crippen LogP contribution in [0.1, 0.15) is 79.2 Å². The Balaban J connectivity index is 2.16. The van der Waals surface area contributed by atoms with E-state index in [0.29, 0.717) is 33.9 Å². The maximum atomic E-state index is 14.2. The van der Waals surface area contributed by atoms with Crippen LogP contribution in [-0.4, -0.2) is 53.6 Å². The lowest BCUT2D eigenvalue weighted by molar-refractivity contribution is -0.144. The van der Waals surface area contributed by atoms with Crippen molar-refractivity contribution in [1.82, 2.24) is 19.8 Å². The number of carbonyl (C=O) groups is 2. The van der Waals surface area contributed by atoms with E-state index in [1.807, 2.05) is 13.8 Å². The number of halogens is 4. The van der Waals surface area contributed by atoms with Crippen LogP contribution in [0.2, 0.25) is 0 Å². The third-order valence-corrected chi connectivity index (χ3v) is 7.84. The van der Waals surface area contributed by atoms with Gasteiger partial charge < -0.3 is 19.5 Å². The number of hydrogen-bond acceptors (Lipinski definition) is 6. The molecule has 3 rings (SSSR count). The summed E-state index contributed by atoms with van der Waals surface area (Å²) >= 11 is 0. The van der Waals surface area contributed by atoms with E-state index in [9.17, 15) is 31.9 Å². The topological polar surface area (TPSA) is 93.5 Å². The third kappa shape index (κ3) is 9.53. The molecule has 0 aliphatic carbocycles. The zero-order valence-electron chi connectivity index (χ0n) is 28.3. The maximum Gasteiger partial charge on any atom is 0.416 e. The largest absolute Gasteiger partial charge is 0.466 e. The summed E-state index contributed by atoms with van der Waals surface area (Å²) in [6.07, 6.45) is 3.31. The molecule has 2 aromatic heterocycles. The number of rotatable bonds is 13. The van der Waals surface area contributed by atoms with E-state index in [1.54, 1.807) is 45.8 Å². The van der Waals surface area contributed by atoms with Gasteiger partial charge in [-0.3, -0.25) is 14.4 Å². The van der Waals surface area contributed by atoms with Crippen LogP contribution >= 0.6 is 0 Å². The Morgan fingerprint density at radius 1 is 1.12 bits per heavy atom. The zero-order chi connectivity index (χ0) is 35.9. The average molecular weight is 671 g/mol. The highest BCUT2D eigenvalue weighted by Crippen LogP contribution is 2.34. The minimum atomic E-state index is -4.77. The third-order valence-electron chi connectivity index (χ3n) is 7.84. The molecule has 0 fully saturated rings. The van der Waals surface area contributed by atoms with E-state index in [2.05, 4.69) is 16.2 Å². The van der Waals surface area contributed by atoms with E-state index in [-0.39, 0.29) is 49.6 Å². The molecule has 8 nitrogen and oxygen atoms in total. The number of hydrogen-bond donors (Lipinski definition) is 1. The molecule has 0 bridgehead atoms. The van der Waals surface area contributed by atoms with Gasteiger partial charge in [-0.25, -0.2) is 9.37 Å². The Morgan fingerprint density at radius 3 is 2.31 bits per heavy atom. The molecular weight excluding hydrogens is 628 g/mol. The van der Waals surface area contributed by atoms with Gasteiger partial charge in [0.15, 0.2) is 0 Å². The van der Waals surface area contributed by atoms with Crippen LogP contribution in [0.3, 0.4) is 0 Å². The number of terminal acetylenes is 1. The average Bonchev–Trinajstić information content (AvgIpc) is 2.97. The summed E-state index contributed by atoms with van der Waals surface area (Å²) in [6.45, 7) is 9.08. The number of ether oxygens (including phenoxy) is 1. The van der Waals surface area contributed by atoms with E-state index >= 15 is 0 Å². The number of amides is 1. The number of nitrogens with zero attached hydrogens (tertiary/aromatic N) is 3. The van der Waals surface area contributed by atoms with Gasteiger partial charge in [0.2, 0.25) is 5.91 Å². The summed E-state index contributed by atoms with van der Waals surface area (Å²) in [5, 5.41) is 2.84. The number of carbonyl (C=O) groups excluding carboxylic acids is 2. The molecule has 1 N–H and O–H groups in total. The van der Waals surface area contributed by atoms with Crippen molar-refractivity contribution in [2.75, 3.05) is 27.2 Å². The van der Waals surface area contributed by atoms with E-state index in [1.165, 1.54) is 18.3 Å². The molecule has 3 aromatic rings. The van der Waals surface area contributed by atoms with Gasteiger partial charge in [-0.1, -0.05) is 13.8 Å². The van der Waals surface area contributed by atoms with Gasteiger partial charge in [-0.2, -0.15) is 13.2 Å². The number of likely N-dealkylation sites (N-methyl/N-ethyl adjacent to an activating group) is 1. The van der Waals surface area contributed by atoms with Crippen LogP contribution < -0.4 is 10.9 Å². The fourth-order valence-corrected chi connectivity index (χ4v) is 5.66. The van der Waals surface area contributed by atoms with Crippen LogP contribution in [0.4, 0.5) is 17.6 Å². The van der Waals surface area contributed by atoms with Crippen LogP contribution in [0.5, 0.6) is 0 Å². The fourth-order valence-electron chi connectivity index (χ4n) is 5.66. The zero-order valence-corrected chi connectivity index (χ0v) is 28.3. The van der Waals surface area contributed by atoms with Crippen molar-refractivity contribution in [3.63, 3.8) is 0 Å². The van der Waals surface area contributed by atoms with Gasteiger partial charge in [0, 0.05) is 30.6 Å². The number of pyridine rings is 2. The van der Waals surface area contributed by atoms with Gasteiger partial charge in [-0.15, -0.1) is 6.42 Å². The summed E-state index contributed by atoms with van der Waals surface area (Å²) in [7, 11) is 3.44. The summed E-state index contributed by atoms with van der Waals surface area (Å²) in [5.41, 5.74) is 0.798. The van der Waals surface area contributed by atoms with E-state index < -0.39 is 47.1 Å². The summed E-state index contributed by atoms with van der Waals surface area (Å²) in [4.78, 5) is 46.2. The molecule has 0 aliphatic rings. The Labute approximate surface area is 278 Å². The number of nitrogens with one attached hydrogen (secondary N) is 1. The highest BCUT2D eigenvalue weighted by molar-refractivity contribution is 5.82. The van der Waals surface area contributed by atoms with Gasteiger partial charge in [0.25, 0.3) is 5.56 Å². The van der Waals surface area contributed by atoms with Crippen LogP contribution in [0, 0.1) is 37.9 Å². The molecule has 0 radical (unpaired) electrons. The molecule has 2 unspecified atom stereocenters. The smallest absolute Gasteiger partial charge is 0.416 e. The number of aryl methyl sites for hydroxylation is 2. The number of aromatic nitrogens is 2. The predicted molar refractivity (Wildman–Crippen MR) is 176 cm³/mol. The monoisotopic (exact) mass is 670 g/mol. The Kier molecular flexibility index (Phi) is 12.7. The molecule has 1 amide bonds. The first-order valence-corrected chi connectivity index (χ1v) is 15.6. The van der Waals surface area contributed by atoms with Crippen LogP contribution in [0.15, 0.2) is 41.5 Å². The molecule has 1 aromatic carbocycles. The first kappa shape index (κ1) is 38.0. The normalized spacial score (nSPS) is 12.9. The second-order valence-corrected chi connectivity index (χ2v) is 12.4. The first-order chi connectivity index (χ1) is 22.5. The van der Waals surface area contributed by atoms with Crippen LogP contribution in [0.25, 0.3) is 11.1 Å². The number of benzene rings is 1. The first-order valence-electron chi connectivity index (χ1n) is 15.6. The van der Waals surface area contributed by atoms with E-state index in [4.69, 9.17) is 11.2 Å². The Hall–Kier alpha value is -4.50. The summed E-state index contributed by atoms with van der Waals surface area (Å²) in [6, 6.07) is 2.69. The second kappa shape index (κ2) is 16.1. The highest BCUT2D eigenvalue weighted by atomic mass is 19.4. The minimum absolute atomic E-state index is 0.0121. The van der Waals surface area contributed by atoms with Gasteiger partial charge in [0.05, 0.1) is 24.6 Å². The number of alkyl halides is 3. The SMILES string of the molecule is C#Cc1ncc(C(CC(=O)OCC)NC(=O)C(CC(C)C)n2cc(CCN(C)C)c(C(F)(F)F)cc2=O)cc1-c1c(C)cc(F)cc1C. The van der Waals surface area contributed by atoms with Crippen LogP contribution in [-0.2, 0) is 26.9 Å². The van der Waals surface area contributed by atoms with Crippen molar-refractivity contribution >= 4 is 11.9 Å². The molecule has 0 spiro atoms. The Bertz CT molecular complexity index is 1720. The molecule has 0 aliphatic heterocycles. The van der Waals surface area contributed by atoms with Gasteiger partial charge >= 0.3 is 12.1 Å². The van der Waals surface area contributed by atoms with E-state index in [0.717, 1.165) is 10.8 Å². The summed E-state index contributed by atoms with van der Waals surface area (Å²) < 4.78 is 62.2. The lowest BCUT2D eigenvalue weighted by atomic mass is 9.92. The van der Waals surface area contributed by atoms with Crippen molar-refractivity contribution in [2.45, 2.75) is 72.1 Å². The quantitative estimate of drug-likeness (QED) is 0.133. The highest BCUT2D eigenvalue weighted by Gasteiger charge is 2.36. The lowest BCUT2D eigenvalue weighted by Crippen LogP contribution is -2.40. The Morgan fingerprint density at radius 2 is 1.77 bits per heavy atom. The minimum Gasteiger partial charge on any atom is -0.466 e.